The number of anilines is 2. The fourth-order valence-corrected chi connectivity index (χ4v) is 4.19. The fraction of sp³-hybridized carbons (Fsp3) is 0.350. The average Bonchev–Trinajstić information content (AvgIpc) is 2.69. The van der Waals surface area contributed by atoms with Crippen molar-refractivity contribution in [2.45, 2.75) is 18.2 Å². The normalized spacial score (nSPS) is 15.5. The van der Waals surface area contributed by atoms with Gasteiger partial charge >= 0.3 is 0 Å². The Morgan fingerprint density at radius 3 is 2.37 bits per heavy atom. The molecule has 3 rings (SSSR count). The molecule has 0 radical (unpaired) electrons. The van der Waals surface area contributed by atoms with Crippen molar-refractivity contribution in [3.05, 3.63) is 54.7 Å². The predicted molar refractivity (Wildman–Crippen MR) is 111 cm³/mol. The lowest BCUT2D eigenvalue weighted by Crippen LogP contribution is -2.46. The summed E-state index contributed by atoms with van der Waals surface area (Å²) in [6.45, 7) is 10.9. The summed E-state index contributed by atoms with van der Waals surface area (Å²) in [5.74, 6) is 0.879. The first-order valence-electron chi connectivity index (χ1n) is 9.20. The Morgan fingerprint density at radius 2 is 1.81 bits per heavy atom. The van der Waals surface area contributed by atoms with E-state index in [1.807, 2.05) is 6.07 Å². The zero-order chi connectivity index (χ0) is 19.3. The van der Waals surface area contributed by atoms with E-state index in [0.29, 0.717) is 5.69 Å². The molecule has 0 amide bonds. The number of pyridine rings is 1. The van der Waals surface area contributed by atoms with Crippen molar-refractivity contribution in [2.24, 2.45) is 0 Å². The molecule has 2 heterocycles. The minimum absolute atomic E-state index is 0.212. The van der Waals surface area contributed by atoms with E-state index in [1.165, 1.54) is 6.42 Å². The summed E-state index contributed by atoms with van der Waals surface area (Å²) < 4.78 is 27.6. The molecule has 0 spiro atoms. The summed E-state index contributed by atoms with van der Waals surface area (Å²) in [6.07, 6.45) is 4.42. The standard InChI is InChI=1S/C20H26N4O2S/c1-3-11-23-12-14-24(15-13-23)20-10-7-18(16-21-20)22-27(25,26)19-8-5-17(4-2)6-9-19/h4-10,16,22H,2-3,11-15H2,1H3. The summed E-state index contributed by atoms with van der Waals surface area (Å²) >= 11 is 0. The molecule has 27 heavy (non-hydrogen) atoms. The van der Waals surface area contributed by atoms with Crippen LogP contribution < -0.4 is 9.62 Å². The molecule has 1 saturated heterocycles. The van der Waals surface area contributed by atoms with E-state index in [0.717, 1.165) is 44.1 Å². The smallest absolute Gasteiger partial charge is 0.261 e. The summed E-state index contributed by atoms with van der Waals surface area (Å²) in [7, 11) is -3.63. The second-order valence-electron chi connectivity index (χ2n) is 6.61. The number of nitrogens with one attached hydrogen (secondary N) is 1. The summed E-state index contributed by atoms with van der Waals surface area (Å²) in [6, 6.07) is 10.2. The Morgan fingerprint density at radius 1 is 1.11 bits per heavy atom. The van der Waals surface area contributed by atoms with Crippen molar-refractivity contribution in [2.75, 3.05) is 42.3 Å². The minimum Gasteiger partial charge on any atom is -0.354 e. The summed E-state index contributed by atoms with van der Waals surface area (Å²) in [4.78, 5) is 9.35. The van der Waals surface area contributed by atoms with Crippen LogP contribution in [0, 0.1) is 0 Å². The van der Waals surface area contributed by atoms with Gasteiger partial charge in [-0.25, -0.2) is 13.4 Å². The second-order valence-corrected chi connectivity index (χ2v) is 8.29. The molecule has 1 N–H and O–H groups in total. The molecule has 1 aliphatic rings. The first kappa shape index (κ1) is 19.4. The number of hydrogen-bond acceptors (Lipinski definition) is 5. The molecule has 7 heteroatoms. The highest BCUT2D eigenvalue weighted by Gasteiger charge is 2.18. The number of sulfonamides is 1. The van der Waals surface area contributed by atoms with Gasteiger partial charge in [0.25, 0.3) is 10.0 Å². The Kier molecular flexibility index (Phi) is 6.13. The predicted octanol–water partition coefficient (Wildman–Crippen LogP) is 3.06. The van der Waals surface area contributed by atoms with Gasteiger partial charge in [-0.05, 0) is 42.8 Å². The molecule has 0 saturated carbocycles. The van der Waals surface area contributed by atoms with Crippen LogP contribution in [-0.2, 0) is 10.0 Å². The van der Waals surface area contributed by atoms with Crippen LogP contribution in [0.25, 0.3) is 6.08 Å². The van der Waals surface area contributed by atoms with Gasteiger partial charge in [0.15, 0.2) is 0 Å². The van der Waals surface area contributed by atoms with Crippen LogP contribution in [0.5, 0.6) is 0 Å². The van der Waals surface area contributed by atoms with Crippen LogP contribution in [0.2, 0.25) is 0 Å². The van der Waals surface area contributed by atoms with Crippen molar-refractivity contribution >= 4 is 27.6 Å². The maximum Gasteiger partial charge on any atom is 0.261 e. The van der Waals surface area contributed by atoms with Gasteiger partial charge in [-0.2, -0.15) is 0 Å². The quantitative estimate of drug-likeness (QED) is 0.792. The van der Waals surface area contributed by atoms with Crippen molar-refractivity contribution in [1.29, 1.82) is 0 Å². The Balaban J connectivity index is 1.64. The first-order valence-corrected chi connectivity index (χ1v) is 10.7. The van der Waals surface area contributed by atoms with Crippen LogP contribution in [0.3, 0.4) is 0 Å². The number of benzene rings is 1. The monoisotopic (exact) mass is 386 g/mol. The molecule has 1 fully saturated rings. The van der Waals surface area contributed by atoms with Gasteiger partial charge in [-0.15, -0.1) is 0 Å². The van der Waals surface area contributed by atoms with Gasteiger partial charge in [-0.3, -0.25) is 9.62 Å². The second kappa shape index (κ2) is 8.54. The molecular weight excluding hydrogens is 360 g/mol. The average molecular weight is 387 g/mol. The molecule has 0 atom stereocenters. The summed E-state index contributed by atoms with van der Waals surface area (Å²) in [5.41, 5.74) is 1.33. The molecule has 0 unspecified atom stereocenters. The van der Waals surface area contributed by atoms with E-state index in [1.54, 1.807) is 42.6 Å². The largest absolute Gasteiger partial charge is 0.354 e. The van der Waals surface area contributed by atoms with Gasteiger partial charge in [0.2, 0.25) is 0 Å². The highest BCUT2D eigenvalue weighted by Crippen LogP contribution is 2.20. The zero-order valence-electron chi connectivity index (χ0n) is 15.6. The van der Waals surface area contributed by atoms with Gasteiger partial charge in [0, 0.05) is 26.2 Å². The van der Waals surface area contributed by atoms with Crippen molar-refractivity contribution in [3.8, 4) is 0 Å². The molecule has 0 bridgehead atoms. The number of piperazine rings is 1. The molecule has 2 aromatic rings. The van der Waals surface area contributed by atoms with Crippen LogP contribution >= 0.6 is 0 Å². The van der Waals surface area contributed by atoms with Gasteiger partial charge in [-0.1, -0.05) is 31.7 Å². The van der Waals surface area contributed by atoms with E-state index in [-0.39, 0.29) is 4.90 Å². The van der Waals surface area contributed by atoms with E-state index in [2.05, 4.69) is 33.0 Å². The van der Waals surface area contributed by atoms with E-state index in [9.17, 15) is 8.42 Å². The van der Waals surface area contributed by atoms with Crippen molar-refractivity contribution in [3.63, 3.8) is 0 Å². The molecular formula is C20H26N4O2S. The van der Waals surface area contributed by atoms with E-state index < -0.39 is 10.0 Å². The lowest BCUT2D eigenvalue weighted by molar-refractivity contribution is 0.258. The minimum atomic E-state index is -3.63. The Hall–Kier alpha value is -2.38. The Labute approximate surface area is 161 Å². The third-order valence-electron chi connectivity index (χ3n) is 4.66. The van der Waals surface area contributed by atoms with E-state index in [4.69, 9.17) is 0 Å². The molecule has 1 aromatic heterocycles. The van der Waals surface area contributed by atoms with Crippen molar-refractivity contribution < 1.29 is 8.42 Å². The topological polar surface area (TPSA) is 65.5 Å². The number of hydrogen-bond donors (Lipinski definition) is 1. The lowest BCUT2D eigenvalue weighted by Gasteiger charge is -2.35. The number of aromatic nitrogens is 1. The van der Waals surface area contributed by atoms with Gasteiger partial charge < -0.3 is 4.90 Å². The molecule has 1 aliphatic heterocycles. The molecule has 1 aromatic carbocycles. The number of nitrogens with zero attached hydrogens (tertiary/aromatic N) is 3. The van der Waals surface area contributed by atoms with Gasteiger partial charge in [0.1, 0.15) is 5.82 Å². The van der Waals surface area contributed by atoms with Crippen LogP contribution in [-0.4, -0.2) is 51.0 Å². The van der Waals surface area contributed by atoms with Crippen LogP contribution in [0.1, 0.15) is 18.9 Å². The molecule has 0 aliphatic carbocycles. The molecule has 6 nitrogen and oxygen atoms in total. The lowest BCUT2D eigenvalue weighted by atomic mass is 10.2. The van der Waals surface area contributed by atoms with Gasteiger partial charge in [0.05, 0.1) is 16.8 Å². The third kappa shape index (κ3) is 4.87. The Bertz CT molecular complexity index is 856. The highest BCUT2D eigenvalue weighted by atomic mass is 32.2. The SMILES string of the molecule is C=Cc1ccc(S(=O)(=O)Nc2ccc(N3CCN(CCC)CC3)nc2)cc1. The highest BCUT2D eigenvalue weighted by molar-refractivity contribution is 7.92. The maximum absolute atomic E-state index is 12.5. The molecule has 144 valence electrons. The third-order valence-corrected chi connectivity index (χ3v) is 6.06. The van der Waals surface area contributed by atoms with Crippen LogP contribution in [0.15, 0.2) is 54.1 Å². The first-order chi connectivity index (χ1) is 13.0. The number of rotatable bonds is 7. The van der Waals surface area contributed by atoms with Crippen LogP contribution in [0.4, 0.5) is 11.5 Å². The van der Waals surface area contributed by atoms with Crippen molar-refractivity contribution in [1.82, 2.24) is 9.88 Å². The fourth-order valence-electron chi connectivity index (χ4n) is 3.15. The van der Waals surface area contributed by atoms with E-state index >= 15 is 0 Å². The maximum atomic E-state index is 12.5. The summed E-state index contributed by atoms with van der Waals surface area (Å²) in [5, 5.41) is 0. The zero-order valence-corrected chi connectivity index (χ0v) is 16.5.